The van der Waals surface area contributed by atoms with E-state index in [4.69, 9.17) is 0 Å². The molecule has 0 radical (unpaired) electrons. The molecule has 0 aliphatic rings. The van der Waals surface area contributed by atoms with Gasteiger partial charge in [-0.15, -0.1) is 0 Å². The van der Waals surface area contributed by atoms with Crippen LogP contribution in [0.4, 0.5) is 22.0 Å². The lowest BCUT2D eigenvalue weighted by Crippen LogP contribution is -2.19. The monoisotopic (exact) mass is 372 g/mol. The summed E-state index contributed by atoms with van der Waals surface area (Å²) in [7, 11) is 0. The molecule has 0 heterocycles. The number of benzene rings is 2. The first kappa shape index (κ1) is 19.9. The van der Waals surface area contributed by atoms with E-state index in [1.54, 1.807) is 24.3 Å². The Hall–Kier alpha value is -2.44. The molecule has 26 heavy (non-hydrogen) atoms. The van der Waals surface area contributed by atoms with Crippen LogP contribution in [-0.4, -0.2) is 5.97 Å². The summed E-state index contributed by atoms with van der Waals surface area (Å²) >= 11 is 0. The number of hydrogen-bond donors (Lipinski definition) is 0. The predicted molar refractivity (Wildman–Crippen MR) is 85.3 cm³/mol. The van der Waals surface area contributed by atoms with Gasteiger partial charge in [-0.3, -0.25) is 4.79 Å². The van der Waals surface area contributed by atoms with Crippen molar-refractivity contribution in [3.05, 3.63) is 64.5 Å². The number of rotatable bonds is 5. The second-order valence-corrected chi connectivity index (χ2v) is 6.38. The van der Waals surface area contributed by atoms with Gasteiger partial charge in [-0.05, 0) is 30.4 Å². The Bertz CT molecular complexity index is 787. The van der Waals surface area contributed by atoms with Gasteiger partial charge in [0.05, 0.1) is 5.92 Å². The summed E-state index contributed by atoms with van der Waals surface area (Å²) in [5.74, 6) is -14.3. The summed E-state index contributed by atoms with van der Waals surface area (Å²) in [6, 6.07) is 6.92. The summed E-state index contributed by atoms with van der Waals surface area (Å²) in [5, 5.41) is 0. The van der Waals surface area contributed by atoms with Crippen molar-refractivity contribution >= 4 is 5.97 Å². The minimum absolute atomic E-state index is 0.442. The van der Waals surface area contributed by atoms with Crippen LogP contribution >= 0.6 is 0 Å². The van der Waals surface area contributed by atoms with Crippen LogP contribution in [0.15, 0.2) is 24.3 Å². The van der Waals surface area contributed by atoms with Crippen molar-refractivity contribution in [3.8, 4) is 5.75 Å². The van der Waals surface area contributed by atoms with E-state index in [1.807, 2.05) is 0 Å². The largest absolute Gasteiger partial charge is 0.420 e. The van der Waals surface area contributed by atoms with Gasteiger partial charge in [0.1, 0.15) is 0 Å². The van der Waals surface area contributed by atoms with Crippen LogP contribution in [-0.2, 0) is 11.2 Å². The molecule has 0 spiro atoms. The fourth-order valence-electron chi connectivity index (χ4n) is 2.41. The van der Waals surface area contributed by atoms with Crippen molar-refractivity contribution < 1.29 is 31.5 Å². The Labute approximate surface area is 147 Å². The molecule has 2 aromatic rings. The van der Waals surface area contributed by atoms with Crippen molar-refractivity contribution in [3.63, 3.8) is 0 Å². The van der Waals surface area contributed by atoms with Crippen LogP contribution in [0.25, 0.3) is 0 Å². The predicted octanol–water partition coefficient (Wildman–Crippen LogP) is 5.29. The molecule has 0 aromatic heterocycles. The second-order valence-electron chi connectivity index (χ2n) is 6.38. The Kier molecular flexibility index (Phi) is 6.00. The molecule has 1 atom stereocenters. The molecule has 140 valence electrons. The molecule has 2 aromatic carbocycles. The van der Waals surface area contributed by atoms with E-state index in [-0.39, 0.29) is 0 Å². The molecular weight excluding hydrogens is 355 g/mol. The number of hydrogen-bond acceptors (Lipinski definition) is 2. The number of halogens is 5. The number of ether oxygens (including phenoxy) is 1. The van der Waals surface area contributed by atoms with Crippen LogP contribution in [0.5, 0.6) is 5.75 Å². The van der Waals surface area contributed by atoms with Gasteiger partial charge in [-0.25, -0.2) is 13.2 Å². The van der Waals surface area contributed by atoms with Gasteiger partial charge in [0.25, 0.3) is 0 Å². The molecule has 0 fully saturated rings. The molecule has 2 nitrogen and oxygen atoms in total. The lowest BCUT2D eigenvalue weighted by atomic mass is 9.97. The Balaban J connectivity index is 2.22. The summed E-state index contributed by atoms with van der Waals surface area (Å²) in [6.07, 6.45) is 0.837. The van der Waals surface area contributed by atoms with Gasteiger partial charge in [-0.2, -0.15) is 8.78 Å². The normalized spacial score (nSPS) is 12.3. The van der Waals surface area contributed by atoms with Gasteiger partial charge in [0.15, 0.2) is 0 Å². The maximum atomic E-state index is 13.6. The van der Waals surface area contributed by atoms with E-state index in [0.717, 1.165) is 12.0 Å². The van der Waals surface area contributed by atoms with Crippen molar-refractivity contribution in [1.29, 1.82) is 0 Å². The summed E-state index contributed by atoms with van der Waals surface area (Å²) in [4.78, 5) is 12.1. The average Bonchev–Trinajstić information content (AvgIpc) is 2.61. The second kappa shape index (κ2) is 7.85. The zero-order chi connectivity index (χ0) is 19.6. The quantitative estimate of drug-likeness (QED) is 0.234. The first-order chi connectivity index (χ1) is 12.1. The summed E-state index contributed by atoms with van der Waals surface area (Å²) < 4.78 is 71.0. The fraction of sp³-hybridized carbons (Fsp3) is 0.316. The van der Waals surface area contributed by atoms with Crippen molar-refractivity contribution in [2.75, 3.05) is 0 Å². The van der Waals surface area contributed by atoms with Crippen LogP contribution in [0, 0.1) is 35.0 Å². The summed E-state index contributed by atoms with van der Waals surface area (Å²) in [6.45, 7) is 5.52. The van der Waals surface area contributed by atoms with Gasteiger partial charge in [-0.1, -0.05) is 38.1 Å². The lowest BCUT2D eigenvalue weighted by Gasteiger charge is -2.14. The molecular formula is C19H17F5O2. The molecule has 2 rings (SSSR count). The van der Waals surface area contributed by atoms with Crippen molar-refractivity contribution in [2.45, 2.75) is 33.1 Å². The van der Waals surface area contributed by atoms with Crippen molar-refractivity contribution in [1.82, 2.24) is 0 Å². The third kappa shape index (κ3) is 4.03. The molecule has 0 amide bonds. The maximum absolute atomic E-state index is 13.6. The Morgan fingerprint density at radius 1 is 0.846 bits per heavy atom. The maximum Gasteiger partial charge on any atom is 0.318 e. The van der Waals surface area contributed by atoms with Crippen molar-refractivity contribution in [2.24, 2.45) is 5.92 Å². The third-order valence-electron chi connectivity index (χ3n) is 3.85. The fourth-order valence-corrected chi connectivity index (χ4v) is 2.41. The molecule has 7 heteroatoms. The summed E-state index contributed by atoms with van der Waals surface area (Å²) in [5.41, 5.74) is 1.54. The highest BCUT2D eigenvalue weighted by Gasteiger charge is 2.30. The van der Waals surface area contributed by atoms with Gasteiger partial charge >= 0.3 is 5.97 Å². The minimum Gasteiger partial charge on any atom is -0.420 e. The average molecular weight is 372 g/mol. The van der Waals surface area contributed by atoms with Crippen LogP contribution in [0.3, 0.4) is 0 Å². The first-order valence-electron chi connectivity index (χ1n) is 7.95. The van der Waals surface area contributed by atoms with E-state index in [0.29, 0.717) is 11.5 Å². The van der Waals surface area contributed by atoms with E-state index < -0.39 is 46.7 Å². The standard InChI is InChI=1S/C19H17F5O2/c1-9(2)8-11-4-6-12(7-5-11)10(3)19(25)26-18-16(23)14(21)13(20)15(22)17(18)24/h4-7,9-10H,8H2,1-3H3. The first-order valence-corrected chi connectivity index (χ1v) is 7.95. The van der Waals surface area contributed by atoms with E-state index in [9.17, 15) is 26.7 Å². The van der Waals surface area contributed by atoms with Gasteiger partial charge in [0, 0.05) is 0 Å². The SMILES string of the molecule is CC(C)Cc1ccc(C(C)C(=O)Oc2c(F)c(F)c(F)c(F)c2F)cc1. The van der Waals surface area contributed by atoms with E-state index >= 15 is 0 Å². The molecule has 0 saturated heterocycles. The topological polar surface area (TPSA) is 26.3 Å². The highest BCUT2D eigenvalue weighted by atomic mass is 19.2. The van der Waals surface area contributed by atoms with Crippen LogP contribution in [0.2, 0.25) is 0 Å². The molecule has 0 saturated carbocycles. The molecule has 0 bridgehead atoms. The molecule has 0 aliphatic carbocycles. The third-order valence-corrected chi connectivity index (χ3v) is 3.85. The highest BCUT2D eigenvalue weighted by molar-refractivity contribution is 5.80. The number of esters is 1. The Morgan fingerprint density at radius 3 is 1.77 bits per heavy atom. The highest BCUT2D eigenvalue weighted by Crippen LogP contribution is 2.30. The number of carbonyl (C=O) groups is 1. The zero-order valence-electron chi connectivity index (χ0n) is 14.4. The lowest BCUT2D eigenvalue weighted by molar-refractivity contribution is -0.136. The molecule has 1 unspecified atom stereocenters. The minimum atomic E-state index is -2.31. The van der Waals surface area contributed by atoms with E-state index in [2.05, 4.69) is 18.6 Å². The smallest absolute Gasteiger partial charge is 0.318 e. The van der Waals surface area contributed by atoms with Crippen LogP contribution in [0.1, 0.15) is 37.8 Å². The molecule has 0 N–H and O–H groups in total. The Morgan fingerprint density at radius 2 is 1.31 bits per heavy atom. The zero-order valence-corrected chi connectivity index (χ0v) is 14.4. The number of carbonyl (C=O) groups excluding carboxylic acids is 1. The van der Waals surface area contributed by atoms with Crippen LogP contribution < -0.4 is 4.74 Å². The molecule has 0 aliphatic heterocycles. The van der Waals surface area contributed by atoms with Gasteiger partial charge in [0.2, 0.25) is 34.8 Å². The van der Waals surface area contributed by atoms with E-state index in [1.165, 1.54) is 6.92 Å². The van der Waals surface area contributed by atoms with Gasteiger partial charge < -0.3 is 4.74 Å².